The Labute approximate surface area is 85.6 Å². The first kappa shape index (κ1) is 10.7. The number of hydrogen-bond donors (Lipinski definition) is 0. The van der Waals surface area contributed by atoms with Crippen molar-refractivity contribution >= 4 is 22.8 Å². The molecule has 0 saturated heterocycles. The monoisotopic (exact) mass is 216 g/mol. The van der Waals surface area contributed by atoms with Gasteiger partial charge in [-0.3, -0.25) is 9.48 Å². The summed E-state index contributed by atoms with van der Waals surface area (Å²) in [7, 11) is 2.85. The zero-order chi connectivity index (χ0) is 10.9. The van der Waals surface area contributed by atoms with Gasteiger partial charge in [0.15, 0.2) is 5.69 Å². The zero-order valence-electron chi connectivity index (χ0n) is 8.00. The van der Waals surface area contributed by atoms with Gasteiger partial charge in [-0.15, -0.1) is 0 Å². The number of esters is 1. The highest BCUT2D eigenvalue weighted by Crippen LogP contribution is 2.15. The van der Waals surface area contributed by atoms with Crippen molar-refractivity contribution in [2.24, 2.45) is 7.05 Å². The Kier molecular flexibility index (Phi) is 2.90. The molecule has 0 amide bonds. The van der Waals surface area contributed by atoms with Gasteiger partial charge in [0.05, 0.1) is 12.8 Å². The number of methoxy groups -OCH3 is 1. The number of aryl methyl sites for hydroxylation is 1. The Morgan fingerprint density at radius 1 is 1.50 bits per heavy atom. The molecule has 0 aromatic carbocycles. The normalized spacial score (nSPS) is 10.0. The van der Waals surface area contributed by atoms with Crippen LogP contribution in [0.15, 0.2) is 0 Å². The van der Waals surface area contributed by atoms with Crippen molar-refractivity contribution in [2.75, 3.05) is 7.11 Å². The number of carbonyl (C=O) groups is 2. The van der Waals surface area contributed by atoms with Crippen LogP contribution in [0.4, 0.5) is 0 Å². The number of halogens is 1. The molecular weight excluding hydrogens is 208 g/mol. The van der Waals surface area contributed by atoms with Gasteiger partial charge in [-0.1, -0.05) is 0 Å². The lowest BCUT2D eigenvalue weighted by molar-refractivity contribution is 0.0597. The van der Waals surface area contributed by atoms with Crippen molar-refractivity contribution in [2.45, 2.75) is 6.92 Å². The van der Waals surface area contributed by atoms with Crippen LogP contribution in [-0.2, 0) is 11.8 Å². The topological polar surface area (TPSA) is 61.2 Å². The predicted octanol–water partition coefficient (Wildman–Crippen LogP) is 0.894. The van der Waals surface area contributed by atoms with E-state index < -0.39 is 11.2 Å². The third kappa shape index (κ3) is 1.63. The maximum atomic E-state index is 11.3. The minimum Gasteiger partial charge on any atom is -0.465 e. The lowest BCUT2D eigenvalue weighted by Crippen LogP contribution is -2.07. The summed E-state index contributed by atoms with van der Waals surface area (Å²) < 4.78 is 5.92. The van der Waals surface area contributed by atoms with Crippen LogP contribution in [0.1, 0.15) is 26.5 Å². The highest BCUT2D eigenvalue weighted by molar-refractivity contribution is 6.67. The first-order valence-electron chi connectivity index (χ1n) is 3.80. The van der Waals surface area contributed by atoms with E-state index in [1.165, 1.54) is 11.8 Å². The Morgan fingerprint density at radius 3 is 2.50 bits per heavy atom. The minimum atomic E-state index is -0.769. The molecule has 0 N–H and O–H groups in total. The third-order valence-electron chi connectivity index (χ3n) is 1.91. The second kappa shape index (κ2) is 3.79. The molecule has 5 nitrogen and oxygen atoms in total. The smallest absolute Gasteiger partial charge is 0.342 e. The molecule has 0 aliphatic rings. The molecule has 1 heterocycles. The molecule has 0 fully saturated rings. The van der Waals surface area contributed by atoms with Gasteiger partial charge in [-0.05, 0) is 18.5 Å². The van der Waals surface area contributed by atoms with Crippen molar-refractivity contribution in [3.8, 4) is 0 Å². The van der Waals surface area contributed by atoms with Gasteiger partial charge in [0.25, 0.3) is 5.24 Å². The molecule has 76 valence electrons. The summed E-state index contributed by atoms with van der Waals surface area (Å²) in [4.78, 5) is 22.2. The van der Waals surface area contributed by atoms with Crippen LogP contribution in [0.25, 0.3) is 0 Å². The Bertz CT molecular complexity index is 398. The van der Waals surface area contributed by atoms with Gasteiger partial charge >= 0.3 is 5.97 Å². The fourth-order valence-electron chi connectivity index (χ4n) is 1.09. The SMILES string of the molecule is COC(=O)c1c(C(=O)Cl)nn(C)c1C. The molecule has 0 saturated carbocycles. The highest BCUT2D eigenvalue weighted by atomic mass is 35.5. The molecule has 14 heavy (non-hydrogen) atoms. The second-order valence-corrected chi connectivity index (χ2v) is 3.04. The van der Waals surface area contributed by atoms with E-state index in [0.29, 0.717) is 5.69 Å². The number of hydrogen-bond acceptors (Lipinski definition) is 4. The average Bonchev–Trinajstić information content (AvgIpc) is 2.43. The van der Waals surface area contributed by atoms with E-state index >= 15 is 0 Å². The lowest BCUT2D eigenvalue weighted by atomic mass is 10.2. The number of carbonyl (C=O) groups excluding carboxylic acids is 2. The Hall–Kier alpha value is -1.36. The maximum Gasteiger partial charge on any atom is 0.342 e. The number of rotatable bonds is 2. The van der Waals surface area contributed by atoms with E-state index in [-0.39, 0.29) is 11.3 Å². The van der Waals surface area contributed by atoms with E-state index in [1.807, 2.05) is 0 Å². The zero-order valence-corrected chi connectivity index (χ0v) is 8.75. The van der Waals surface area contributed by atoms with Gasteiger partial charge in [0.2, 0.25) is 0 Å². The molecule has 6 heteroatoms. The maximum absolute atomic E-state index is 11.3. The number of aromatic nitrogens is 2. The van der Waals surface area contributed by atoms with Gasteiger partial charge in [-0.2, -0.15) is 5.10 Å². The van der Waals surface area contributed by atoms with Gasteiger partial charge in [0, 0.05) is 7.05 Å². The van der Waals surface area contributed by atoms with E-state index in [4.69, 9.17) is 11.6 Å². The van der Waals surface area contributed by atoms with E-state index in [0.717, 1.165) is 0 Å². The van der Waals surface area contributed by atoms with E-state index in [1.54, 1.807) is 14.0 Å². The second-order valence-electron chi connectivity index (χ2n) is 2.70. The molecule has 1 aromatic rings. The summed E-state index contributed by atoms with van der Waals surface area (Å²) in [5, 5.41) is 3.04. The van der Waals surface area contributed by atoms with Crippen molar-refractivity contribution in [3.05, 3.63) is 17.0 Å². The third-order valence-corrected chi connectivity index (χ3v) is 2.09. The van der Waals surface area contributed by atoms with Gasteiger partial charge in [0.1, 0.15) is 5.56 Å². The van der Waals surface area contributed by atoms with Crippen LogP contribution in [0.3, 0.4) is 0 Å². The Balaban J connectivity index is 3.37. The highest BCUT2D eigenvalue weighted by Gasteiger charge is 2.24. The van der Waals surface area contributed by atoms with Crippen LogP contribution in [0.5, 0.6) is 0 Å². The summed E-state index contributed by atoms with van der Waals surface area (Å²) >= 11 is 5.27. The predicted molar refractivity (Wildman–Crippen MR) is 49.5 cm³/mol. The fourth-order valence-corrected chi connectivity index (χ4v) is 1.22. The van der Waals surface area contributed by atoms with Crippen molar-refractivity contribution in [3.63, 3.8) is 0 Å². The molecule has 0 spiro atoms. The molecule has 0 aliphatic carbocycles. The molecular formula is C8H9ClN2O3. The van der Waals surface area contributed by atoms with E-state index in [9.17, 15) is 9.59 Å². The van der Waals surface area contributed by atoms with Crippen LogP contribution in [0, 0.1) is 6.92 Å². The molecule has 0 aliphatic heterocycles. The van der Waals surface area contributed by atoms with E-state index in [2.05, 4.69) is 9.84 Å². The van der Waals surface area contributed by atoms with Crippen LogP contribution >= 0.6 is 11.6 Å². The Morgan fingerprint density at radius 2 is 2.07 bits per heavy atom. The molecule has 0 atom stereocenters. The first-order valence-corrected chi connectivity index (χ1v) is 4.18. The first-order chi connectivity index (χ1) is 6.49. The summed E-state index contributed by atoms with van der Waals surface area (Å²) in [6, 6.07) is 0. The average molecular weight is 217 g/mol. The largest absolute Gasteiger partial charge is 0.465 e. The molecule has 1 rings (SSSR count). The lowest BCUT2D eigenvalue weighted by Gasteiger charge is -1.98. The summed E-state index contributed by atoms with van der Waals surface area (Å²) in [5.74, 6) is -0.611. The number of ether oxygens (including phenoxy) is 1. The number of nitrogens with zero attached hydrogens (tertiary/aromatic N) is 2. The van der Waals surface area contributed by atoms with Crippen LogP contribution in [0.2, 0.25) is 0 Å². The minimum absolute atomic E-state index is 0.0708. The summed E-state index contributed by atoms with van der Waals surface area (Å²) in [6.45, 7) is 1.66. The van der Waals surface area contributed by atoms with Gasteiger partial charge in [-0.25, -0.2) is 4.79 Å². The van der Waals surface area contributed by atoms with Gasteiger partial charge < -0.3 is 4.74 Å². The van der Waals surface area contributed by atoms with Crippen molar-refractivity contribution in [1.82, 2.24) is 9.78 Å². The quantitative estimate of drug-likeness (QED) is 0.544. The molecule has 1 aromatic heterocycles. The summed E-state index contributed by atoms with van der Waals surface area (Å²) in [6.07, 6.45) is 0. The molecule has 0 radical (unpaired) electrons. The van der Waals surface area contributed by atoms with Crippen molar-refractivity contribution < 1.29 is 14.3 Å². The molecule has 0 unspecified atom stereocenters. The van der Waals surface area contributed by atoms with Crippen LogP contribution < -0.4 is 0 Å². The fraction of sp³-hybridized carbons (Fsp3) is 0.375. The van der Waals surface area contributed by atoms with Crippen molar-refractivity contribution in [1.29, 1.82) is 0 Å². The van der Waals surface area contributed by atoms with Crippen LogP contribution in [-0.4, -0.2) is 28.1 Å². The standard InChI is InChI=1S/C8H9ClN2O3/c1-4-5(8(13)14-3)6(7(9)12)10-11(4)2/h1-3H3. The molecule has 0 bridgehead atoms. The summed E-state index contributed by atoms with van der Waals surface area (Å²) in [5.41, 5.74) is 0.592.